The minimum atomic E-state index is -4.74. The van der Waals surface area contributed by atoms with Crippen molar-refractivity contribution in [2.75, 3.05) is 0 Å². The van der Waals surface area contributed by atoms with Crippen molar-refractivity contribution >= 4 is 6.09 Å². The Kier molecular flexibility index (Phi) is 4.19. The van der Waals surface area contributed by atoms with Crippen molar-refractivity contribution in [3.63, 3.8) is 0 Å². The molecule has 0 bridgehead atoms. The molecule has 1 aromatic carbocycles. The van der Waals surface area contributed by atoms with Crippen LogP contribution >= 0.6 is 0 Å². The van der Waals surface area contributed by atoms with Gasteiger partial charge in [-0.15, -0.1) is 0 Å². The van der Waals surface area contributed by atoms with Crippen LogP contribution in [0.25, 0.3) is 0 Å². The van der Waals surface area contributed by atoms with Gasteiger partial charge in [0.15, 0.2) is 0 Å². The second-order valence-corrected chi connectivity index (χ2v) is 6.51. The molecule has 2 aliphatic rings. The van der Waals surface area contributed by atoms with Gasteiger partial charge in [0.05, 0.1) is 5.56 Å². The van der Waals surface area contributed by atoms with Crippen molar-refractivity contribution in [2.24, 2.45) is 0 Å². The minimum Gasteiger partial charge on any atom is -0.465 e. The van der Waals surface area contributed by atoms with E-state index in [-0.39, 0.29) is 12.1 Å². The molecule has 4 nitrogen and oxygen atoms in total. The zero-order valence-corrected chi connectivity index (χ0v) is 12.8. The first kappa shape index (κ1) is 17.0. The van der Waals surface area contributed by atoms with Crippen LogP contribution < -0.4 is 10.6 Å². The van der Waals surface area contributed by atoms with Gasteiger partial charge in [0, 0.05) is 17.6 Å². The summed E-state index contributed by atoms with van der Waals surface area (Å²) in [6.07, 6.45) is -2.28. The lowest BCUT2D eigenvalue weighted by molar-refractivity contribution is -0.140. The molecule has 1 aromatic rings. The molecule has 3 N–H and O–H groups in total. The summed E-state index contributed by atoms with van der Waals surface area (Å²) in [5.74, 6) is -1.28. The summed E-state index contributed by atoms with van der Waals surface area (Å²) in [6.45, 7) is 0. The Morgan fingerprint density at radius 3 is 2.46 bits per heavy atom. The van der Waals surface area contributed by atoms with Crippen molar-refractivity contribution < 1.29 is 27.5 Å². The number of benzene rings is 1. The van der Waals surface area contributed by atoms with Crippen LogP contribution in [0.15, 0.2) is 18.2 Å². The van der Waals surface area contributed by atoms with Gasteiger partial charge in [-0.3, -0.25) is 0 Å². The zero-order chi connectivity index (χ0) is 17.5. The smallest absolute Gasteiger partial charge is 0.419 e. The van der Waals surface area contributed by atoms with Gasteiger partial charge in [0.2, 0.25) is 0 Å². The van der Waals surface area contributed by atoms with Crippen LogP contribution in [0.2, 0.25) is 0 Å². The van der Waals surface area contributed by atoms with E-state index in [1.807, 2.05) is 0 Å². The normalized spacial score (nSPS) is 25.5. The van der Waals surface area contributed by atoms with Crippen molar-refractivity contribution in [3.05, 3.63) is 35.1 Å². The van der Waals surface area contributed by atoms with E-state index in [1.54, 1.807) is 0 Å². The molecule has 0 radical (unpaired) electrons. The van der Waals surface area contributed by atoms with Gasteiger partial charge in [-0.05, 0) is 49.8 Å². The first-order chi connectivity index (χ1) is 11.2. The van der Waals surface area contributed by atoms with Gasteiger partial charge >= 0.3 is 12.3 Å². The Bertz CT molecular complexity index is 643. The van der Waals surface area contributed by atoms with E-state index in [0.29, 0.717) is 24.8 Å². The molecule has 0 heterocycles. The number of hydrogen-bond donors (Lipinski definition) is 3. The molecular formula is C16H18F4N2O2. The number of halogens is 4. The molecule has 132 valence electrons. The van der Waals surface area contributed by atoms with Crippen molar-refractivity contribution in [1.29, 1.82) is 0 Å². The first-order valence-electron chi connectivity index (χ1n) is 7.86. The summed E-state index contributed by atoms with van der Waals surface area (Å²) in [6, 6.07) is 2.69. The Morgan fingerprint density at radius 1 is 1.21 bits per heavy atom. The fourth-order valence-corrected chi connectivity index (χ4v) is 3.50. The molecule has 0 spiro atoms. The first-order valence-corrected chi connectivity index (χ1v) is 7.86. The zero-order valence-electron chi connectivity index (χ0n) is 12.8. The summed E-state index contributed by atoms with van der Waals surface area (Å²) in [5, 5.41) is 14.6. The van der Waals surface area contributed by atoms with Crippen molar-refractivity contribution in [3.8, 4) is 0 Å². The number of alkyl halides is 3. The summed E-state index contributed by atoms with van der Waals surface area (Å²) >= 11 is 0. The van der Waals surface area contributed by atoms with E-state index in [4.69, 9.17) is 5.11 Å². The highest BCUT2D eigenvalue weighted by Gasteiger charge is 2.48. The van der Waals surface area contributed by atoms with E-state index in [1.165, 1.54) is 6.07 Å². The fraction of sp³-hybridized carbons (Fsp3) is 0.562. The second-order valence-electron chi connectivity index (χ2n) is 6.51. The summed E-state index contributed by atoms with van der Waals surface area (Å²) < 4.78 is 52.2. The van der Waals surface area contributed by atoms with E-state index in [0.717, 1.165) is 25.0 Å². The largest absolute Gasteiger partial charge is 0.465 e. The maximum absolute atomic E-state index is 13.5. The predicted molar refractivity (Wildman–Crippen MR) is 78.0 cm³/mol. The number of amides is 1. The number of rotatable bonds is 4. The monoisotopic (exact) mass is 346 g/mol. The summed E-state index contributed by atoms with van der Waals surface area (Å²) in [5.41, 5.74) is -1.49. The standard InChI is InChI=1S/C16H18F4N2O2/c17-11-5-4-9(8-10(11)16(18,19)20)15(6-7-15)22-13-3-1-2-12(13)21-14(23)24/h4-5,8,12-13,21-22H,1-3,6-7H2,(H,23,24)/t12-,13+/m0/s1. The topological polar surface area (TPSA) is 61.4 Å². The molecular weight excluding hydrogens is 328 g/mol. The molecule has 8 heteroatoms. The molecule has 1 amide bonds. The highest BCUT2D eigenvalue weighted by Crippen LogP contribution is 2.48. The molecule has 2 atom stereocenters. The second kappa shape index (κ2) is 5.91. The lowest BCUT2D eigenvalue weighted by atomic mass is 9.99. The van der Waals surface area contributed by atoms with E-state index < -0.39 is 29.2 Å². The molecule has 24 heavy (non-hydrogen) atoms. The average molecular weight is 346 g/mol. The maximum atomic E-state index is 13.5. The molecule has 0 saturated heterocycles. The summed E-state index contributed by atoms with van der Waals surface area (Å²) in [7, 11) is 0. The third-order valence-electron chi connectivity index (χ3n) is 4.86. The number of carboxylic acid groups (broad SMARTS) is 1. The number of hydrogen-bond acceptors (Lipinski definition) is 2. The molecule has 2 aliphatic carbocycles. The lowest BCUT2D eigenvalue weighted by Gasteiger charge is -2.28. The number of carbonyl (C=O) groups is 1. The van der Waals surface area contributed by atoms with E-state index >= 15 is 0 Å². The fourth-order valence-electron chi connectivity index (χ4n) is 3.50. The Balaban J connectivity index is 1.80. The van der Waals surface area contributed by atoms with Gasteiger partial charge in [-0.2, -0.15) is 13.2 Å². The Morgan fingerprint density at radius 2 is 1.88 bits per heavy atom. The molecule has 0 aromatic heterocycles. The summed E-state index contributed by atoms with van der Waals surface area (Å²) in [4.78, 5) is 10.8. The highest BCUT2D eigenvalue weighted by molar-refractivity contribution is 5.65. The van der Waals surface area contributed by atoms with Crippen LogP contribution in [0.5, 0.6) is 0 Å². The lowest BCUT2D eigenvalue weighted by Crippen LogP contribution is -2.49. The van der Waals surface area contributed by atoms with Crippen LogP contribution in [0.1, 0.15) is 43.2 Å². The van der Waals surface area contributed by atoms with E-state index in [2.05, 4.69) is 10.6 Å². The third kappa shape index (κ3) is 3.33. The van der Waals surface area contributed by atoms with Gasteiger partial charge in [-0.25, -0.2) is 9.18 Å². The van der Waals surface area contributed by atoms with Crippen molar-refractivity contribution in [2.45, 2.75) is 55.9 Å². The van der Waals surface area contributed by atoms with Gasteiger partial charge in [0.25, 0.3) is 0 Å². The Hall–Kier alpha value is -1.83. The molecule has 3 rings (SSSR count). The van der Waals surface area contributed by atoms with Crippen LogP contribution in [0.3, 0.4) is 0 Å². The average Bonchev–Trinajstić information content (AvgIpc) is 3.13. The highest BCUT2D eigenvalue weighted by atomic mass is 19.4. The molecule has 0 unspecified atom stereocenters. The maximum Gasteiger partial charge on any atom is 0.419 e. The van der Waals surface area contributed by atoms with Gasteiger partial charge in [0.1, 0.15) is 5.82 Å². The number of nitrogens with one attached hydrogen (secondary N) is 2. The van der Waals surface area contributed by atoms with Crippen LogP contribution in [0, 0.1) is 5.82 Å². The van der Waals surface area contributed by atoms with Crippen LogP contribution in [0.4, 0.5) is 22.4 Å². The minimum absolute atomic E-state index is 0.136. The van der Waals surface area contributed by atoms with Gasteiger partial charge < -0.3 is 15.7 Å². The molecule has 2 saturated carbocycles. The molecule has 2 fully saturated rings. The van der Waals surface area contributed by atoms with Crippen LogP contribution in [-0.4, -0.2) is 23.3 Å². The van der Waals surface area contributed by atoms with Crippen LogP contribution in [-0.2, 0) is 11.7 Å². The van der Waals surface area contributed by atoms with E-state index in [9.17, 15) is 22.4 Å². The third-order valence-corrected chi connectivity index (χ3v) is 4.86. The SMILES string of the molecule is O=C(O)N[C@H]1CCC[C@H]1NC1(c2ccc(F)c(C(F)(F)F)c2)CC1. The predicted octanol–water partition coefficient (Wildman–Crippen LogP) is 3.61. The quantitative estimate of drug-likeness (QED) is 0.730. The Labute approximate surface area is 136 Å². The van der Waals surface area contributed by atoms with Gasteiger partial charge in [-0.1, -0.05) is 6.07 Å². The molecule has 0 aliphatic heterocycles. The van der Waals surface area contributed by atoms with Crippen molar-refractivity contribution in [1.82, 2.24) is 10.6 Å².